The summed E-state index contributed by atoms with van der Waals surface area (Å²) in [5, 5.41) is 0. The van der Waals surface area contributed by atoms with E-state index in [0.29, 0.717) is 19.5 Å². The predicted octanol–water partition coefficient (Wildman–Crippen LogP) is 1.97. The second-order valence-corrected chi connectivity index (χ2v) is 6.83. The van der Waals surface area contributed by atoms with Crippen molar-refractivity contribution in [1.29, 1.82) is 0 Å². The summed E-state index contributed by atoms with van der Waals surface area (Å²) in [5.74, 6) is -2.41. The van der Waals surface area contributed by atoms with Crippen molar-refractivity contribution >= 4 is 15.7 Å². The zero-order chi connectivity index (χ0) is 14.2. The van der Waals surface area contributed by atoms with Crippen LogP contribution in [0.25, 0.3) is 0 Å². The molecule has 2 rings (SSSR count). The predicted molar refractivity (Wildman–Crippen MR) is 67.9 cm³/mol. The highest BCUT2D eigenvalue weighted by Crippen LogP contribution is 2.27. The van der Waals surface area contributed by atoms with E-state index in [1.807, 2.05) is 6.92 Å². The monoisotopic (exact) mass is 290 g/mol. The van der Waals surface area contributed by atoms with Crippen molar-refractivity contribution < 1.29 is 17.2 Å². The lowest BCUT2D eigenvalue weighted by molar-refractivity contribution is 0.280. The lowest BCUT2D eigenvalue weighted by atomic mass is 10.0. The van der Waals surface area contributed by atoms with Crippen LogP contribution in [0, 0.1) is 17.6 Å². The highest BCUT2D eigenvalue weighted by Gasteiger charge is 2.32. The fourth-order valence-electron chi connectivity index (χ4n) is 2.28. The standard InChI is InChI=1S/C12H16F2N2O2S/c1-8-3-2-4-16(7-8)19(17,18)11-6-9(15)5-10(13)12(11)14/h5-6,8H,2-4,7,15H2,1H3. The molecule has 1 fully saturated rings. The van der Waals surface area contributed by atoms with Gasteiger partial charge in [0.25, 0.3) is 0 Å². The summed E-state index contributed by atoms with van der Waals surface area (Å²) < 4.78 is 52.8. The maximum atomic E-state index is 13.7. The van der Waals surface area contributed by atoms with Crippen molar-refractivity contribution in [2.75, 3.05) is 18.8 Å². The van der Waals surface area contributed by atoms with Gasteiger partial charge in [-0.3, -0.25) is 0 Å². The molecule has 1 saturated heterocycles. The van der Waals surface area contributed by atoms with Gasteiger partial charge in [0, 0.05) is 18.8 Å². The first-order valence-electron chi connectivity index (χ1n) is 6.07. The van der Waals surface area contributed by atoms with E-state index in [2.05, 4.69) is 0 Å². The second-order valence-electron chi connectivity index (χ2n) is 4.93. The molecule has 0 bridgehead atoms. The lowest BCUT2D eigenvalue weighted by Gasteiger charge is -2.30. The molecule has 4 nitrogen and oxygen atoms in total. The zero-order valence-corrected chi connectivity index (χ0v) is 11.4. The van der Waals surface area contributed by atoms with E-state index in [-0.39, 0.29) is 11.6 Å². The van der Waals surface area contributed by atoms with Gasteiger partial charge in [0.15, 0.2) is 11.6 Å². The molecule has 1 aromatic rings. The van der Waals surface area contributed by atoms with Gasteiger partial charge in [-0.15, -0.1) is 0 Å². The molecule has 0 aromatic heterocycles. The molecule has 2 N–H and O–H groups in total. The Labute approximate surface area is 111 Å². The first-order chi connectivity index (χ1) is 8.82. The van der Waals surface area contributed by atoms with E-state index in [1.165, 1.54) is 4.31 Å². The van der Waals surface area contributed by atoms with Crippen LogP contribution >= 0.6 is 0 Å². The number of nitrogens with two attached hydrogens (primary N) is 1. The van der Waals surface area contributed by atoms with Gasteiger partial charge in [-0.2, -0.15) is 4.31 Å². The summed E-state index contributed by atoms with van der Waals surface area (Å²) in [4.78, 5) is -0.681. The van der Waals surface area contributed by atoms with E-state index in [9.17, 15) is 17.2 Å². The molecular weight excluding hydrogens is 274 g/mol. The lowest BCUT2D eigenvalue weighted by Crippen LogP contribution is -2.39. The van der Waals surface area contributed by atoms with Gasteiger partial charge in [-0.25, -0.2) is 17.2 Å². The minimum absolute atomic E-state index is 0.109. The second kappa shape index (κ2) is 5.05. The van der Waals surface area contributed by atoms with Crippen molar-refractivity contribution in [3.8, 4) is 0 Å². The third-order valence-corrected chi connectivity index (χ3v) is 5.12. The third kappa shape index (κ3) is 2.71. The van der Waals surface area contributed by atoms with E-state index in [0.717, 1.165) is 18.6 Å². The number of hydrogen-bond acceptors (Lipinski definition) is 3. The van der Waals surface area contributed by atoms with Crippen LogP contribution in [0.2, 0.25) is 0 Å². The Hall–Kier alpha value is -1.21. The van der Waals surface area contributed by atoms with Crippen LogP contribution in [-0.4, -0.2) is 25.8 Å². The number of sulfonamides is 1. The van der Waals surface area contributed by atoms with Crippen LogP contribution in [0.3, 0.4) is 0 Å². The van der Waals surface area contributed by atoms with Crippen LogP contribution in [0.1, 0.15) is 19.8 Å². The zero-order valence-electron chi connectivity index (χ0n) is 10.6. The van der Waals surface area contributed by atoms with Gasteiger partial charge in [0.1, 0.15) is 4.90 Å². The summed E-state index contributed by atoms with van der Waals surface area (Å²) in [7, 11) is -4.03. The molecule has 0 amide bonds. The molecule has 1 aliphatic rings. The number of hydrogen-bond donors (Lipinski definition) is 1. The van der Waals surface area contributed by atoms with Crippen molar-refractivity contribution in [3.05, 3.63) is 23.8 Å². The largest absolute Gasteiger partial charge is 0.399 e. The first-order valence-corrected chi connectivity index (χ1v) is 7.51. The molecule has 0 aliphatic carbocycles. The Balaban J connectivity index is 2.45. The fraction of sp³-hybridized carbons (Fsp3) is 0.500. The van der Waals surface area contributed by atoms with Crippen molar-refractivity contribution in [2.24, 2.45) is 5.92 Å². The molecule has 1 atom stereocenters. The average Bonchev–Trinajstić information content (AvgIpc) is 2.33. The van der Waals surface area contributed by atoms with Crippen LogP contribution in [-0.2, 0) is 10.0 Å². The van der Waals surface area contributed by atoms with Crippen LogP contribution in [0.4, 0.5) is 14.5 Å². The Morgan fingerprint density at radius 3 is 2.68 bits per heavy atom. The summed E-state index contributed by atoms with van der Waals surface area (Å²) >= 11 is 0. The summed E-state index contributed by atoms with van der Waals surface area (Å²) in [5.41, 5.74) is 5.28. The average molecular weight is 290 g/mol. The van der Waals surface area contributed by atoms with Gasteiger partial charge in [-0.05, 0) is 30.9 Å². The van der Waals surface area contributed by atoms with Crippen molar-refractivity contribution in [2.45, 2.75) is 24.7 Å². The van der Waals surface area contributed by atoms with E-state index in [1.54, 1.807) is 0 Å². The summed E-state index contributed by atoms with van der Waals surface area (Å²) in [6.45, 7) is 2.57. The molecule has 1 unspecified atom stereocenters. The normalized spacial score (nSPS) is 21.5. The maximum absolute atomic E-state index is 13.7. The molecule has 1 aromatic carbocycles. The van der Waals surface area contributed by atoms with Crippen molar-refractivity contribution in [1.82, 2.24) is 4.31 Å². The minimum atomic E-state index is -4.03. The molecule has 7 heteroatoms. The number of anilines is 1. The van der Waals surface area contributed by atoms with E-state index >= 15 is 0 Å². The molecular formula is C12H16F2N2O2S. The number of piperidine rings is 1. The van der Waals surface area contributed by atoms with Gasteiger partial charge in [0.05, 0.1) is 0 Å². The summed E-state index contributed by atoms with van der Waals surface area (Å²) in [6, 6.07) is 1.74. The molecule has 19 heavy (non-hydrogen) atoms. The number of halogens is 2. The van der Waals surface area contributed by atoms with E-state index in [4.69, 9.17) is 5.73 Å². The van der Waals surface area contributed by atoms with Gasteiger partial charge >= 0.3 is 0 Å². The highest BCUT2D eigenvalue weighted by atomic mass is 32.2. The van der Waals surface area contributed by atoms with Crippen LogP contribution in [0.15, 0.2) is 17.0 Å². The smallest absolute Gasteiger partial charge is 0.246 e. The van der Waals surface area contributed by atoms with Gasteiger partial charge < -0.3 is 5.73 Å². The van der Waals surface area contributed by atoms with Crippen LogP contribution < -0.4 is 5.73 Å². The molecule has 0 radical (unpaired) electrons. The fourth-order valence-corrected chi connectivity index (χ4v) is 3.98. The molecule has 1 heterocycles. The minimum Gasteiger partial charge on any atom is -0.399 e. The first kappa shape index (κ1) is 14.2. The molecule has 106 valence electrons. The maximum Gasteiger partial charge on any atom is 0.246 e. The Morgan fingerprint density at radius 1 is 1.37 bits per heavy atom. The number of nitrogen functional groups attached to an aromatic ring is 1. The third-order valence-electron chi connectivity index (χ3n) is 3.25. The Morgan fingerprint density at radius 2 is 2.05 bits per heavy atom. The molecule has 0 saturated carbocycles. The van der Waals surface area contributed by atoms with Crippen molar-refractivity contribution in [3.63, 3.8) is 0 Å². The quantitative estimate of drug-likeness (QED) is 0.847. The number of benzene rings is 1. The molecule has 1 aliphatic heterocycles. The van der Waals surface area contributed by atoms with Gasteiger partial charge in [-0.1, -0.05) is 6.92 Å². The molecule has 0 spiro atoms. The Kier molecular flexibility index (Phi) is 3.78. The number of rotatable bonds is 2. The van der Waals surface area contributed by atoms with Gasteiger partial charge in [0.2, 0.25) is 10.0 Å². The Bertz CT molecular complexity index is 590. The number of nitrogens with zero attached hydrogens (tertiary/aromatic N) is 1. The van der Waals surface area contributed by atoms with E-state index < -0.39 is 26.6 Å². The van der Waals surface area contributed by atoms with Crippen LogP contribution in [0.5, 0.6) is 0 Å². The SMILES string of the molecule is CC1CCCN(S(=O)(=O)c2cc(N)cc(F)c2F)C1. The summed E-state index contributed by atoms with van der Waals surface area (Å²) in [6.07, 6.45) is 1.65. The topological polar surface area (TPSA) is 63.4 Å². The highest BCUT2D eigenvalue weighted by molar-refractivity contribution is 7.89.